The van der Waals surface area contributed by atoms with Gasteiger partial charge in [-0.1, -0.05) is 12.1 Å². The minimum absolute atomic E-state index is 0.110. The van der Waals surface area contributed by atoms with Gasteiger partial charge in [0.2, 0.25) is 5.91 Å². The lowest BCUT2D eigenvalue weighted by Gasteiger charge is -2.10. The summed E-state index contributed by atoms with van der Waals surface area (Å²) in [5.41, 5.74) is 2.72. The van der Waals surface area contributed by atoms with Crippen LogP contribution < -0.4 is 15.4 Å². The summed E-state index contributed by atoms with van der Waals surface area (Å²) in [5.74, 6) is 0.537. The summed E-state index contributed by atoms with van der Waals surface area (Å²) in [6, 6.07) is 7.33. The van der Waals surface area contributed by atoms with Gasteiger partial charge in [0, 0.05) is 25.4 Å². The lowest BCUT2D eigenvalue weighted by Crippen LogP contribution is -2.28. The van der Waals surface area contributed by atoms with Crippen molar-refractivity contribution in [1.29, 1.82) is 0 Å². The van der Waals surface area contributed by atoms with E-state index in [9.17, 15) is 4.79 Å². The van der Waals surface area contributed by atoms with Crippen molar-refractivity contribution in [2.75, 3.05) is 19.0 Å². The Labute approximate surface area is 124 Å². The average Bonchev–Trinajstić information content (AvgIpc) is 2.77. The molecule has 6 nitrogen and oxygen atoms in total. The molecule has 1 amide bonds. The number of aromatic nitrogens is 2. The van der Waals surface area contributed by atoms with E-state index in [0.29, 0.717) is 18.0 Å². The normalized spacial score (nSPS) is 10.4. The molecule has 0 unspecified atom stereocenters. The first kappa shape index (κ1) is 15.1. The predicted molar refractivity (Wildman–Crippen MR) is 81.3 cm³/mol. The molecule has 2 rings (SSSR count). The van der Waals surface area contributed by atoms with Crippen LogP contribution in [0.15, 0.2) is 30.5 Å². The van der Waals surface area contributed by atoms with Gasteiger partial charge in [0.05, 0.1) is 25.0 Å². The number of hydrogen-bond donors (Lipinski definition) is 2. The first-order valence-corrected chi connectivity index (χ1v) is 6.73. The Morgan fingerprint density at radius 1 is 1.38 bits per heavy atom. The van der Waals surface area contributed by atoms with Crippen LogP contribution >= 0.6 is 0 Å². The number of methoxy groups -OCH3 is 1. The smallest absolute Gasteiger partial charge is 0.238 e. The molecular formula is C15H20N4O2. The van der Waals surface area contributed by atoms with Gasteiger partial charge < -0.3 is 15.4 Å². The predicted octanol–water partition coefficient (Wildman–Crippen LogP) is 1.47. The number of para-hydroxylation sites is 2. The van der Waals surface area contributed by atoms with E-state index in [1.54, 1.807) is 11.8 Å². The number of rotatable bonds is 6. The second-order valence-electron chi connectivity index (χ2n) is 4.77. The van der Waals surface area contributed by atoms with Gasteiger partial charge >= 0.3 is 0 Å². The van der Waals surface area contributed by atoms with E-state index in [1.165, 1.54) is 0 Å². The standard InChI is InChI=1S/C15H20N4O2/c1-11-12(10-19(2)18-11)8-16-9-15(20)17-13-6-4-5-7-14(13)21-3/h4-7,10,16H,8-9H2,1-3H3,(H,17,20). The minimum atomic E-state index is -0.110. The number of nitrogens with one attached hydrogen (secondary N) is 2. The fourth-order valence-corrected chi connectivity index (χ4v) is 2.08. The van der Waals surface area contributed by atoms with Gasteiger partial charge in [0.15, 0.2) is 0 Å². The Hall–Kier alpha value is -2.34. The van der Waals surface area contributed by atoms with E-state index in [0.717, 1.165) is 11.3 Å². The Balaban J connectivity index is 1.84. The number of aryl methyl sites for hydroxylation is 2. The van der Waals surface area contributed by atoms with Crippen LogP contribution in [0.25, 0.3) is 0 Å². The molecule has 0 saturated heterocycles. The zero-order valence-electron chi connectivity index (χ0n) is 12.5. The minimum Gasteiger partial charge on any atom is -0.495 e. The number of anilines is 1. The van der Waals surface area contributed by atoms with Crippen molar-refractivity contribution in [2.45, 2.75) is 13.5 Å². The number of ether oxygens (including phenoxy) is 1. The summed E-state index contributed by atoms with van der Waals surface area (Å²) in [6.07, 6.45) is 1.94. The number of carbonyl (C=O) groups excluding carboxylic acids is 1. The van der Waals surface area contributed by atoms with Gasteiger partial charge in [-0.25, -0.2) is 0 Å². The van der Waals surface area contributed by atoms with Crippen LogP contribution in [0.2, 0.25) is 0 Å². The number of benzene rings is 1. The van der Waals surface area contributed by atoms with E-state index < -0.39 is 0 Å². The van der Waals surface area contributed by atoms with Crippen LogP contribution in [0.3, 0.4) is 0 Å². The molecule has 2 aromatic rings. The van der Waals surface area contributed by atoms with E-state index in [4.69, 9.17) is 4.74 Å². The lowest BCUT2D eigenvalue weighted by atomic mass is 10.2. The number of hydrogen-bond acceptors (Lipinski definition) is 4. The molecule has 0 aliphatic rings. The molecule has 1 aromatic heterocycles. The van der Waals surface area contributed by atoms with Crippen molar-refractivity contribution in [3.63, 3.8) is 0 Å². The van der Waals surface area contributed by atoms with Gasteiger partial charge in [-0.2, -0.15) is 5.10 Å². The maximum Gasteiger partial charge on any atom is 0.238 e. The zero-order valence-corrected chi connectivity index (χ0v) is 12.5. The highest BCUT2D eigenvalue weighted by Crippen LogP contribution is 2.22. The van der Waals surface area contributed by atoms with Gasteiger partial charge in [0.1, 0.15) is 5.75 Å². The van der Waals surface area contributed by atoms with Crippen molar-refractivity contribution in [3.05, 3.63) is 41.7 Å². The zero-order chi connectivity index (χ0) is 15.2. The molecule has 112 valence electrons. The van der Waals surface area contributed by atoms with E-state index in [2.05, 4.69) is 15.7 Å². The summed E-state index contributed by atoms with van der Waals surface area (Å²) in [6.45, 7) is 2.79. The molecule has 0 spiro atoms. The molecule has 0 radical (unpaired) electrons. The van der Waals surface area contributed by atoms with Crippen molar-refractivity contribution < 1.29 is 9.53 Å². The molecule has 1 aromatic carbocycles. The third-order valence-electron chi connectivity index (χ3n) is 3.10. The molecule has 0 fully saturated rings. The molecule has 0 bridgehead atoms. The van der Waals surface area contributed by atoms with E-state index in [-0.39, 0.29) is 12.5 Å². The topological polar surface area (TPSA) is 68.2 Å². The maximum atomic E-state index is 11.9. The summed E-state index contributed by atoms with van der Waals surface area (Å²) < 4.78 is 6.96. The largest absolute Gasteiger partial charge is 0.495 e. The SMILES string of the molecule is COc1ccccc1NC(=O)CNCc1cn(C)nc1C. The van der Waals surface area contributed by atoms with Crippen molar-refractivity contribution >= 4 is 11.6 Å². The van der Waals surface area contributed by atoms with Gasteiger partial charge in [-0.15, -0.1) is 0 Å². The second kappa shape index (κ2) is 6.90. The highest BCUT2D eigenvalue weighted by molar-refractivity contribution is 5.93. The Kier molecular flexibility index (Phi) is 4.94. The van der Waals surface area contributed by atoms with Crippen LogP contribution in [0.5, 0.6) is 5.75 Å². The van der Waals surface area contributed by atoms with Crippen molar-refractivity contribution in [3.8, 4) is 5.75 Å². The molecule has 0 atom stereocenters. The summed E-state index contributed by atoms with van der Waals surface area (Å²) >= 11 is 0. The third-order valence-corrected chi connectivity index (χ3v) is 3.10. The monoisotopic (exact) mass is 288 g/mol. The highest BCUT2D eigenvalue weighted by Gasteiger charge is 2.07. The quantitative estimate of drug-likeness (QED) is 0.844. The van der Waals surface area contributed by atoms with Gasteiger partial charge in [0.25, 0.3) is 0 Å². The van der Waals surface area contributed by atoms with Crippen molar-refractivity contribution in [1.82, 2.24) is 15.1 Å². The second-order valence-corrected chi connectivity index (χ2v) is 4.77. The Morgan fingerprint density at radius 2 is 2.14 bits per heavy atom. The van der Waals surface area contributed by atoms with E-state index in [1.807, 2.05) is 44.4 Å². The Bertz CT molecular complexity index is 622. The van der Waals surface area contributed by atoms with Crippen LogP contribution in [0.4, 0.5) is 5.69 Å². The molecule has 6 heteroatoms. The fraction of sp³-hybridized carbons (Fsp3) is 0.333. The number of amides is 1. The molecule has 0 aliphatic carbocycles. The third kappa shape index (κ3) is 4.06. The fourth-order valence-electron chi connectivity index (χ4n) is 2.08. The van der Waals surface area contributed by atoms with Crippen molar-refractivity contribution in [2.24, 2.45) is 7.05 Å². The summed E-state index contributed by atoms with van der Waals surface area (Å²) in [4.78, 5) is 11.9. The van der Waals surface area contributed by atoms with Gasteiger partial charge in [-0.05, 0) is 19.1 Å². The molecular weight excluding hydrogens is 268 g/mol. The molecule has 1 heterocycles. The molecule has 2 N–H and O–H groups in total. The Morgan fingerprint density at radius 3 is 2.81 bits per heavy atom. The highest BCUT2D eigenvalue weighted by atomic mass is 16.5. The van der Waals surface area contributed by atoms with Gasteiger partial charge in [-0.3, -0.25) is 9.48 Å². The summed E-state index contributed by atoms with van der Waals surface area (Å²) in [7, 11) is 3.46. The maximum absolute atomic E-state index is 11.9. The van der Waals surface area contributed by atoms with Crippen LogP contribution in [-0.2, 0) is 18.4 Å². The van der Waals surface area contributed by atoms with E-state index >= 15 is 0 Å². The van der Waals surface area contributed by atoms with Crippen LogP contribution in [0, 0.1) is 6.92 Å². The molecule has 0 aliphatic heterocycles. The summed E-state index contributed by atoms with van der Waals surface area (Å²) in [5, 5.41) is 10.2. The molecule has 0 saturated carbocycles. The average molecular weight is 288 g/mol. The number of nitrogens with zero attached hydrogens (tertiary/aromatic N) is 2. The van der Waals surface area contributed by atoms with Crippen LogP contribution in [-0.4, -0.2) is 29.3 Å². The lowest BCUT2D eigenvalue weighted by molar-refractivity contribution is -0.115. The molecule has 21 heavy (non-hydrogen) atoms. The van der Waals surface area contributed by atoms with Crippen LogP contribution in [0.1, 0.15) is 11.3 Å². The first-order chi connectivity index (χ1) is 10.1. The first-order valence-electron chi connectivity index (χ1n) is 6.73. The number of carbonyl (C=O) groups is 1.